The van der Waals surface area contributed by atoms with E-state index in [1.54, 1.807) is 18.2 Å². The quantitative estimate of drug-likeness (QED) is 0.730. The first-order chi connectivity index (χ1) is 10.1. The van der Waals surface area contributed by atoms with Crippen LogP contribution in [0.1, 0.15) is 56.1 Å². The second-order valence-corrected chi connectivity index (χ2v) is 8.24. The first kappa shape index (κ1) is 14.0. The Kier molecular flexibility index (Phi) is 3.29. The molecule has 0 amide bonds. The van der Waals surface area contributed by atoms with Gasteiger partial charge < -0.3 is 4.74 Å². The summed E-state index contributed by atoms with van der Waals surface area (Å²) in [6.07, 6.45) is 8.04. The fourth-order valence-electron chi connectivity index (χ4n) is 5.66. The summed E-state index contributed by atoms with van der Waals surface area (Å²) in [5, 5.41) is 0.626. The summed E-state index contributed by atoms with van der Waals surface area (Å²) in [7, 11) is 1.77. The summed E-state index contributed by atoms with van der Waals surface area (Å²) < 4.78 is 5.41. The Bertz CT molecular complexity index is 554. The highest BCUT2D eigenvalue weighted by atomic mass is 32.1. The van der Waals surface area contributed by atoms with Gasteiger partial charge in [-0.1, -0.05) is 13.0 Å². The van der Waals surface area contributed by atoms with Crippen LogP contribution in [0.4, 0.5) is 0 Å². The van der Waals surface area contributed by atoms with Crippen molar-refractivity contribution < 1.29 is 4.74 Å². The molecule has 1 aromatic rings. The van der Waals surface area contributed by atoms with Gasteiger partial charge in [-0.15, -0.1) is 0 Å². The van der Waals surface area contributed by atoms with Crippen molar-refractivity contribution in [2.75, 3.05) is 7.11 Å². The normalized spacial score (nSPS) is 41.1. The second-order valence-electron chi connectivity index (χ2n) is 7.62. The Morgan fingerprint density at radius 3 is 2.86 bits per heavy atom. The lowest BCUT2D eigenvalue weighted by Gasteiger charge is -2.50. The van der Waals surface area contributed by atoms with Gasteiger partial charge in [0.05, 0.1) is 7.11 Å². The van der Waals surface area contributed by atoms with Crippen LogP contribution in [0.15, 0.2) is 18.2 Å². The summed E-state index contributed by atoms with van der Waals surface area (Å²) in [6, 6.07) is 6.78. The van der Waals surface area contributed by atoms with Crippen molar-refractivity contribution >= 4 is 12.6 Å². The maximum atomic E-state index is 5.41. The van der Waals surface area contributed by atoms with Crippen molar-refractivity contribution in [3.63, 3.8) is 0 Å². The van der Waals surface area contributed by atoms with Gasteiger partial charge in [0.25, 0.3) is 0 Å². The third kappa shape index (κ3) is 1.98. The molecule has 3 aliphatic rings. The zero-order valence-corrected chi connectivity index (χ0v) is 14.0. The number of methoxy groups -OCH3 is 1. The van der Waals surface area contributed by atoms with Crippen LogP contribution in [0.2, 0.25) is 0 Å². The monoisotopic (exact) mass is 302 g/mol. The summed E-state index contributed by atoms with van der Waals surface area (Å²) in [5.41, 5.74) is 3.66. The van der Waals surface area contributed by atoms with E-state index in [1.807, 2.05) is 0 Å². The zero-order chi connectivity index (χ0) is 14.6. The SMILES string of the molecule is COc1ccc2c(c1)CCC1C2CCC2(C)C1CC[C@H]2S. The first-order valence-corrected chi connectivity index (χ1v) is 9.00. The predicted molar refractivity (Wildman–Crippen MR) is 90.4 cm³/mol. The van der Waals surface area contributed by atoms with Gasteiger partial charge in [0.15, 0.2) is 0 Å². The minimum atomic E-state index is 0.494. The Hall–Kier alpha value is -0.630. The number of hydrogen-bond donors (Lipinski definition) is 1. The lowest BCUT2D eigenvalue weighted by molar-refractivity contribution is 0.0633. The highest BCUT2D eigenvalue weighted by molar-refractivity contribution is 7.81. The first-order valence-electron chi connectivity index (χ1n) is 8.48. The number of fused-ring (bicyclic) bond motifs is 5. The molecule has 0 radical (unpaired) electrons. The van der Waals surface area contributed by atoms with E-state index in [4.69, 9.17) is 17.4 Å². The Balaban J connectivity index is 1.68. The molecule has 0 N–H and O–H groups in total. The van der Waals surface area contributed by atoms with E-state index in [0.29, 0.717) is 10.7 Å². The van der Waals surface area contributed by atoms with E-state index in [-0.39, 0.29) is 0 Å². The molecule has 0 saturated heterocycles. The van der Waals surface area contributed by atoms with Crippen LogP contribution in [0.3, 0.4) is 0 Å². The van der Waals surface area contributed by atoms with Crippen LogP contribution in [0, 0.1) is 17.3 Å². The molecule has 4 unspecified atom stereocenters. The molecule has 0 aromatic heterocycles. The number of thiol groups is 1. The molecule has 0 spiro atoms. The Labute approximate surface area is 133 Å². The number of aryl methyl sites for hydroxylation is 1. The van der Waals surface area contributed by atoms with Gasteiger partial charge in [-0.3, -0.25) is 0 Å². The number of benzene rings is 1. The van der Waals surface area contributed by atoms with Crippen molar-refractivity contribution in [1.29, 1.82) is 0 Å². The minimum Gasteiger partial charge on any atom is -0.497 e. The Morgan fingerprint density at radius 2 is 2.05 bits per heavy atom. The molecule has 2 saturated carbocycles. The Morgan fingerprint density at radius 1 is 1.19 bits per heavy atom. The smallest absolute Gasteiger partial charge is 0.119 e. The average Bonchev–Trinajstić information content (AvgIpc) is 2.82. The highest BCUT2D eigenvalue weighted by Gasteiger charge is 2.53. The van der Waals surface area contributed by atoms with Crippen LogP contribution in [0.25, 0.3) is 0 Å². The van der Waals surface area contributed by atoms with Gasteiger partial charge in [-0.25, -0.2) is 0 Å². The van der Waals surface area contributed by atoms with Crippen LogP contribution >= 0.6 is 12.6 Å². The molecule has 0 bridgehead atoms. The molecule has 2 heteroatoms. The number of hydrogen-bond acceptors (Lipinski definition) is 2. The molecule has 21 heavy (non-hydrogen) atoms. The topological polar surface area (TPSA) is 9.23 Å². The van der Waals surface area contributed by atoms with Crippen molar-refractivity contribution in [2.45, 2.75) is 56.6 Å². The maximum Gasteiger partial charge on any atom is 0.119 e. The fourth-order valence-corrected chi connectivity index (χ4v) is 6.13. The summed E-state index contributed by atoms with van der Waals surface area (Å²) in [5.74, 6) is 3.59. The van der Waals surface area contributed by atoms with E-state index >= 15 is 0 Å². The average molecular weight is 302 g/mol. The lowest BCUT2D eigenvalue weighted by atomic mass is 9.56. The standard InChI is InChI=1S/C19H26OS/c1-19-10-9-15-14-6-4-13(20-2)11-12(14)3-5-16(15)17(19)7-8-18(19)21/h4,6,11,15-18,21H,3,5,7-10H2,1-2H3/t15?,16?,17?,18-,19?/m1/s1. The number of ether oxygens (including phenoxy) is 1. The van der Waals surface area contributed by atoms with Crippen molar-refractivity contribution in [3.05, 3.63) is 29.3 Å². The van der Waals surface area contributed by atoms with Crippen LogP contribution in [-0.2, 0) is 6.42 Å². The summed E-state index contributed by atoms with van der Waals surface area (Å²) in [4.78, 5) is 0. The molecule has 1 nitrogen and oxygen atoms in total. The number of rotatable bonds is 1. The van der Waals surface area contributed by atoms with E-state index in [0.717, 1.165) is 23.5 Å². The van der Waals surface area contributed by atoms with Gasteiger partial charge in [-0.2, -0.15) is 12.6 Å². The molecular weight excluding hydrogens is 276 g/mol. The summed E-state index contributed by atoms with van der Waals surface area (Å²) >= 11 is 4.92. The lowest BCUT2D eigenvalue weighted by Crippen LogP contribution is -2.42. The molecule has 2 fully saturated rings. The van der Waals surface area contributed by atoms with Gasteiger partial charge in [0.1, 0.15) is 5.75 Å². The predicted octanol–water partition coefficient (Wildman–Crippen LogP) is 4.85. The third-order valence-corrected chi connectivity index (χ3v) is 7.73. The second kappa shape index (κ2) is 4.94. The highest BCUT2D eigenvalue weighted by Crippen LogP contribution is 2.62. The van der Waals surface area contributed by atoms with Gasteiger partial charge in [-0.05, 0) is 85.0 Å². The van der Waals surface area contributed by atoms with Gasteiger partial charge >= 0.3 is 0 Å². The third-order valence-electron chi connectivity index (χ3n) is 6.88. The molecule has 0 aliphatic heterocycles. The van der Waals surface area contributed by atoms with Crippen molar-refractivity contribution in [1.82, 2.24) is 0 Å². The van der Waals surface area contributed by atoms with E-state index < -0.39 is 0 Å². The summed E-state index contributed by atoms with van der Waals surface area (Å²) in [6.45, 7) is 2.52. The molecule has 1 aromatic carbocycles. The fraction of sp³-hybridized carbons (Fsp3) is 0.684. The molecule has 0 heterocycles. The molecule has 114 valence electrons. The largest absolute Gasteiger partial charge is 0.497 e. The van der Waals surface area contributed by atoms with E-state index in [2.05, 4.69) is 25.1 Å². The molecule has 3 aliphatic carbocycles. The maximum absolute atomic E-state index is 5.41. The van der Waals surface area contributed by atoms with E-state index in [9.17, 15) is 0 Å². The molecule has 4 rings (SSSR count). The van der Waals surface area contributed by atoms with Crippen molar-refractivity contribution in [3.8, 4) is 5.75 Å². The molecule has 5 atom stereocenters. The van der Waals surface area contributed by atoms with Gasteiger partial charge in [0.2, 0.25) is 0 Å². The van der Waals surface area contributed by atoms with Crippen LogP contribution < -0.4 is 4.74 Å². The van der Waals surface area contributed by atoms with Crippen molar-refractivity contribution in [2.24, 2.45) is 17.3 Å². The minimum absolute atomic E-state index is 0.494. The van der Waals surface area contributed by atoms with E-state index in [1.165, 1.54) is 38.5 Å². The van der Waals surface area contributed by atoms with Crippen LogP contribution in [0.5, 0.6) is 5.75 Å². The van der Waals surface area contributed by atoms with Crippen LogP contribution in [-0.4, -0.2) is 12.4 Å². The zero-order valence-electron chi connectivity index (χ0n) is 13.1. The molecular formula is C19H26OS. The van der Waals surface area contributed by atoms with Gasteiger partial charge in [0, 0.05) is 5.25 Å².